The van der Waals surface area contributed by atoms with E-state index in [1.807, 2.05) is 6.07 Å². The van der Waals surface area contributed by atoms with E-state index in [0.29, 0.717) is 0 Å². The summed E-state index contributed by atoms with van der Waals surface area (Å²) in [5, 5.41) is 2.78. The van der Waals surface area contributed by atoms with Gasteiger partial charge in [0.05, 0.1) is 12.3 Å². The molecule has 0 spiro atoms. The van der Waals surface area contributed by atoms with Crippen LogP contribution in [0.25, 0.3) is 0 Å². The average Bonchev–Trinajstić information content (AvgIpc) is 3.13. The highest BCUT2D eigenvalue weighted by Crippen LogP contribution is 2.18. The molecule has 0 bridgehead atoms. The maximum absolute atomic E-state index is 12.1. The van der Waals surface area contributed by atoms with Crippen LogP contribution in [-0.2, 0) is 20.6 Å². The maximum atomic E-state index is 12.1. The van der Waals surface area contributed by atoms with Crippen LogP contribution in [0, 0.1) is 0 Å². The largest absolute Gasteiger partial charge is 0.352 e. The quantitative estimate of drug-likeness (QED) is 0.836. The van der Waals surface area contributed by atoms with Gasteiger partial charge >= 0.3 is 0 Å². The summed E-state index contributed by atoms with van der Waals surface area (Å²) in [7, 11) is -2.02. The Hall–Kier alpha value is -1.40. The van der Waals surface area contributed by atoms with Gasteiger partial charge in [-0.05, 0) is 18.4 Å². The van der Waals surface area contributed by atoms with E-state index < -0.39 is 10.0 Å². The first kappa shape index (κ1) is 14.0. The summed E-state index contributed by atoms with van der Waals surface area (Å²) in [4.78, 5) is 11.6. The highest BCUT2D eigenvalue weighted by atomic mass is 32.2. The van der Waals surface area contributed by atoms with E-state index in [1.165, 1.54) is 7.05 Å². The van der Waals surface area contributed by atoms with Crippen LogP contribution in [0.1, 0.15) is 18.4 Å². The molecule has 1 amide bonds. The maximum Gasteiger partial charge on any atom is 0.235 e. The fourth-order valence-corrected chi connectivity index (χ4v) is 2.84. The third kappa shape index (κ3) is 4.33. The van der Waals surface area contributed by atoms with Gasteiger partial charge in [-0.15, -0.1) is 0 Å². The van der Waals surface area contributed by atoms with Crippen molar-refractivity contribution in [3.05, 3.63) is 35.9 Å². The Morgan fingerprint density at radius 2 is 1.95 bits per heavy atom. The summed E-state index contributed by atoms with van der Waals surface area (Å²) < 4.78 is 25.3. The van der Waals surface area contributed by atoms with E-state index in [9.17, 15) is 13.2 Å². The summed E-state index contributed by atoms with van der Waals surface area (Å²) in [6.07, 6.45) is 1.98. The van der Waals surface area contributed by atoms with Crippen LogP contribution in [0.5, 0.6) is 0 Å². The van der Waals surface area contributed by atoms with Gasteiger partial charge in [-0.1, -0.05) is 30.3 Å². The summed E-state index contributed by atoms with van der Waals surface area (Å²) in [5.74, 6) is -0.317. The van der Waals surface area contributed by atoms with Gasteiger partial charge in [-0.25, -0.2) is 8.42 Å². The SMILES string of the molecule is CN(CC(=O)NC1CC1)S(=O)(=O)Cc1ccccc1. The molecular weight excluding hydrogens is 264 g/mol. The Bertz CT molecular complexity index is 538. The van der Waals surface area contributed by atoms with Crippen LogP contribution in [-0.4, -0.2) is 38.3 Å². The molecule has 1 aromatic rings. The Labute approximate surface area is 113 Å². The number of hydrogen-bond acceptors (Lipinski definition) is 3. The molecule has 0 heterocycles. The molecule has 1 fully saturated rings. The van der Waals surface area contributed by atoms with Crippen LogP contribution in [0.2, 0.25) is 0 Å². The standard InChI is InChI=1S/C13H18N2O3S/c1-15(9-13(16)14-12-7-8-12)19(17,18)10-11-5-3-2-4-6-11/h2-6,12H,7-10H2,1H3,(H,14,16). The summed E-state index contributed by atoms with van der Waals surface area (Å²) in [6.45, 7) is -0.119. The minimum Gasteiger partial charge on any atom is -0.352 e. The van der Waals surface area contributed by atoms with Crippen molar-refractivity contribution in [3.63, 3.8) is 0 Å². The number of benzene rings is 1. The van der Waals surface area contributed by atoms with E-state index in [0.717, 1.165) is 22.7 Å². The fourth-order valence-electron chi connectivity index (χ4n) is 1.70. The van der Waals surface area contributed by atoms with Crippen LogP contribution < -0.4 is 5.32 Å². The molecule has 0 radical (unpaired) electrons. The van der Waals surface area contributed by atoms with Crippen LogP contribution in [0.4, 0.5) is 0 Å². The number of nitrogens with zero attached hydrogens (tertiary/aromatic N) is 1. The molecule has 0 aliphatic heterocycles. The number of likely N-dealkylation sites (N-methyl/N-ethyl adjacent to an activating group) is 1. The minimum atomic E-state index is -3.45. The van der Waals surface area contributed by atoms with Crippen LogP contribution in [0.15, 0.2) is 30.3 Å². The van der Waals surface area contributed by atoms with Crippen LogP contribution >= 0.6 is 0 Å². The lowest BCUT2D eigenvalue weighted by Gasteiger charge is -2.16. The highest BCUT2D eigenvalue weighted by molar-refractivity contribution is 7.88. The number of carbonyl (C=O) groups excluding carboxylic acids is 1. The molecule has 0 saturated heterocycles. The Morgan fingerprint density at radius 1 is 1.32 bits per heavy atom. The van der Waals surface area contributed by atoms with Crippen molar-refractivity contribution in [2.75, 3.05) is 13.6 Å². The molecule has 1 saturated carbocycles. The van der Waals surface area contributed by atoms with E-state index in [4.69, 9.17) is 0 Å². The second kappa shape index (κ2) is 5.71. The Kier molecular flexibility index (Phi) is 4.21. The molecule has 6 heteroatoms. The number of rotatable bonds is 6. The van der Waals surface area contributed by atoms with Crippen molar-refractivity contribution in [2.45, 2.75) is 24.6 Å². The van der Waals surface area contributed by atoms with Crippen molar-refractivity contribution in [1.29, 1.82) is 0 Å². The van der Waals surface area contributed by atoms with E-state index in [-0.39, 0.29) is 24.2 Å². The monoisotopic (exact) mass is 282 g/mol. The molecule has 1 aromatic carbocycles. The normalized spacial score (nSPS) is 15.5. The van der Waals surface area contributed by atoms with Gasteiger partial charge in [-0.3, -0.25) is 4.79 Å². The number of hydrogen-bond donors (Lipinski definition) is 1. The number of carbonyl (C=O) groups is 1. The predicted octanol–water partition coefficient (Wildman–Crippen LogP) is 0.727. The number of sulfonamides is 1. The first-order chi connectivity index (χ1) is 8.97. The highest BCUT2D eigenvalue weighted by Gasteiger charge is 2.26. The first-order valence-electron chi connectivity index (χ1n) is 6.25. The summed E-state index contributed by atoms with van der Waals surface area (Å²) in [6, 6.07) is 9.20. The topological polar surface area (TPSA) is 66.5 Å². The van der Waals surface area contributed by atoms with E-state index in [1.54, 1.807) is 24.3 Å². The lowest BCUT2D eigenvalue weighted by molar-refractivity contribution is -0.121. The zero-order chi connectivity index (χ0) is 13.9. The molecule has 104 valence electrons. The van der Waals surface area contributed by atoms with Crippen molar-refractivity contribution in [3.8, 4) is 0 Å². The van der Waals surface area contributed by atoms with Crippen molar-refractivity contribution in [1.82, 2.24) is 9.62 Å². The predicted molar refractivity (Wildman–Crippen MR) is 72.9 cm³/mol. The van der Waals surface area contributed by atoms with Crippen LogP contribution in [0.3, 0.4) is 0 Å². The molecule has 0 unspecified atom stereocenters. The van der Waals surface area contributed by atoms with Crippen molar-refractivity contribution in [2.24, 2.45) is 0 Å². The van der Waals surface area contributed by atoms with Gasteiger partial charge in [0.15, 0.2) is 0 Å². The Morgan fingerprint density at radius 3 is 2.53 bits per heavy atom. The average molecular weight is 282 g/mol. The molecule has 5 nitrogen and oxygen atoms in total. The van der Waals surface area contributed by atoms with Gasteiger partial charge < -0.3 is 5.32 Å². The van der Waals surface area contributed by atoms with E-state index in [2.05, 4.69) is 5.32 Å². The summed E-state index contributed by atoms with van der Waals surface area (Å²) >= 11 is 0. The van der Waals surface area contributed by atoms with Gasteiger partial charge in [0.2, 0.25) is 15.9 Å². The Balaban J connectivity index is 1.92. The van der Waals surface area contributed by atoms with Gasteiger partial charge in [-0.2, -0.15) is 4.31 Å². The molecule has 2 rings (SSSR count). The first-order valence-corrected chi connectivity index (χ1v) is 7.85. The minimum absolute atomic E-state index is 0.0823. The van der Waals surface area contributed by atoms with Crippen molar-refractivity contribution < 1.29 is 13.2 Å². The molecule has 1 N–H and O–H groups in total. The third-order valence-electron chi connectivity index (χ3n) is 2.98. The molecule has 19 heavy (non-hydrogen) atoms. The van der Waals surface area contributed by atoms with E-state index >= 15 is 0 Å². The molecular formula is C13H18N2O3S. The van der Waals surface area contributed by atoms with Gasteiger partial charge in [0.25, 0.3) is 0 Å². The molecule has 1 aliphatic rings. The second-order valence-corrected chi connectivity index (χ2v) is 6.92. The van der Waals surface area contributed by atoms with Gasteiger partial charge in [0, 0.05) is 13.1 Å². The fraction of sp³-hybridized carbons (Fsp3) is 0.462. The number of amides is 1. The second-order valence-electron chi connectivity index (χ2n) is 4.84. The molecule has 1 aliphatic carbocycles. The lowest BCUT2D eigenvalue weighted by Crippen LogP contribution is -2.39. The van der Waals surface area contributed by atoms with Gasteiger partial charge in [0.1, 0.15) is 0 Å². The smallest absolute Gasteiger partial charge is 0.235 e. The third-order valence-corrected chi connectivity index (χ3v) is 4.75. The summed E-state index contributed by atoms with van der Waals surface area (Å²) in [5.41, 5.74) is 0.719. The zero-order valence-electron chi connectivity index (χ0n) is 10.9. The van der Waals surface area contributed by atoms with Crippen molar-refractivity contribution >= 4 is 15.9 Å². The number of nitrogens with one attached hydrogen (secondary N) is 1. The molecule has 0 aromatic heterocycles. The molecule has 0 atom stereocenters. The lowest BCUT2D eigenvalue weighted by atomic mass is 10.2. The zero-order valence-corrected chi connectivity index (χ0v) is 11.7.